The zero-order valence-corrected chi connectivity index (χ0v) is 19.0. The zero-order chi connectivity index (χ0) is 24.5. The molecule has 0 amide bonds. The molecule has 6 heteroatoms. The fraction of sp³-hybridized carbons (Fsp3) is 0.172. The van der Waals surface area contributed by atoms with Gasteiger partial charge in [-0.3, -0.25) is 14.4 Å². The molecule has 1 aliphatic heterocycles. The highest BCUT2D eigenvalue weighted by Gasteiger charge is 2.87. The van der Waals surface area contributed by atoms with Crippen LogP contribution in [0, 0.1) is 17.8 Å². The first-order valence-corrected chi connectivity index (χ1v) is 11.3. The smallest absolute Gasteiger partial charge is 0.347 e. The summed E-state index contributed by atoms with van der Waals surface area (Å²) in [5, 5.41) is 0.542. The van der Waals surface area contributed by atoms with E-state index in [9.17, 15) is 19.2 Å². The molecule has 0 N–H and O–H groups in total. The van der Waals surface area contributed by atoms with E-state index in [0.717, 1.165) is 5.56 Å². The number of aryl methyl sites for hydroxylation is 1. The van der Waals surface area contributed by atoms with Gasteiger partial charge in [0.05, 0.1) is 5.41 Å². The minimum absolute atomic E-state index is 0.273. The average molecular weight is 464 g/mol. The molecule has 3 aromatic carbocycles. The van der Waals surface area contributed by atoms with Crippen LogP contribution in [0.4, 0.5) is 0 Å². The van der Waals surface area contributed by atoms with Gasteiger partial charge < -0.3 is 9.15 Å². The number of carbonyl (C=O) groups is 3. The third kappa shape index (κ3) is 2.65. The summed E-state index contributed by atoms with van der Waals surface area (Å²) < 4.78 is 11.0. The third-order valence-corrected chi connectivity index (χ3v) is 7.53. The van der Waals surface area contributed by atoms with E-state index in [1.807, 2.05) is 6.92 Å². The second-order valence-electron chi connectivity index (χ2n) is 9.38. The van der Waals surface area contributed by atoms with E-state index in [4.69, 9.17) is 9.15 Å². The molecule has 35 heavy (non-hydrogen) atoms. The molecule has 1 aromatic heterocycles. The van der Waals surface area contributed by atoms with Crippen molar-refractivity contribution in [3.05, 3.63) is 112 Å². The molecule has 1 fully saturated rings. The van der Waals surface area contributed by atoms with E-state index in [1.165, 1.54) is 6.07 Å². The van der Waals surface area contributed by atoms with Crippen LogP contribution in [0.1, 0.15) is 44.7 Å². The highest BCUT2D eigenvalue weighted by molar-refractivity contribution is 6.25. The fourth-order valence-electron chi connectivity index (χ4n) is 5.69. The van der Waals surface area contributed by atoms with Crippen molar-refractivity contribution in [2.75, 3.05) is 0 Å². The van der Waals surface area contributed by atoms with Gasteiger partial charge in [-0.1, -0.05) is 73.2 Å². The number of rotatable bonds is 4. The van der Waals surface area contributed by atoms with E-state index in [2.05, 4.69) is 0 Å². The molecule has 6 rings (SSSR count). The summed E-state index contributed by atoms with van der Waals surface area (Å²) in [6, 6.07) is 22.1. The molecule has 6 nitrogen and oxygen atoms in total. The molecule has 0 radical (unpaired) electrons. The number of benzene rings is 3. The van der Waals surface area contributed by atoms with Crippen molar-refractivity contribution >= 4 is 28.5 Å². The number of ether oxygens (including phenoxy) is 1. The summed E-state index contributed by atoms with van der Waals surface area (Å²) >= 11 is 0. The van der Waals surface area contributed by atoms with E-state index >= 15 is 0 Å². The first kappa shape index (κ1) is 21.2. The van der Waals surface area contributed by atoms with Crippen molar-refractivity contribution in [1.29, 1.82) is 0 Å². The molecule has 3 atom stereocenters. The van der Waals surface area contributed by atoms with E-state index in [0.29, 0.717) is 27.8 Å². The quantitative estimate of drug-likeness (QED) is 0.141. The first-order chi connectivity index (χ1) is 16.8. The van der Waals surface area contributed by atoms with E-state index in [-0.39, 0.29) is 11.3 Å². The summed E-state index contributed by atoms with van der Waals surface area (Å²) in [5.41, 5.74) is -2.17. The second-order valence-corrected chi connectivity index (χ2v) is 9.38. The molecule has 0 saturated heterocycles. The van der Waals surface area contributed by atoms with Gasteiger partial charge in [0.25, 0.3) is 0 Å². The second kappa shape index (κ2) is 7.09. The minimum Gasteiger partial charge on any atom is -0.425 e. The van der Waals surface area contributed by atoms with Gasteiger partial charge in [-0.2, -0.15) is 0 Å². The Kier molecular flexibility index (Phi) is 4.30. The lowest BCUT2D eigenvalue weighted by atomic mass is 9.82. The Morgan fingerprint density at radius 3 is 2.31 bits per heavy atom. The summed E-state index contributed by atoms with van der Waals surface area (Å²) in [5.74, 6) is -2.41. The van der Waals surface area contributed by atoms with Crippen LogP contribution in [0.25, 0.3) is 11.0 Å². The maximum absolute atomic E-state index is 14.1. The number of hydrogen-bond acceptors (Lipinski definition) is 6. The van der Waals surface area contributed by atoms with Crippen molar-refractivity contribution < 1.29 is 23.5 Å². The van der Waals surface area contributed by atoms with Crippen LogP contribution in [0.5, 0.6) is 5.75 Å². The van der Waals surface area contributed by atoms with E-state index < -0.39 is 34.1 Å². The van der Waals surface area contributed by atoms with Gasteiger partial charge in [0, 0.05) is 22.4 Å². The Hall–Kier alpha value is -4.32. The van der Waals surface area contributed by atoms with Gasteiger partial charge in [-0.15, -0.1) is 0 Å². The summed E-state index contributed by atoms with van der Waals surface area (Å²) in [4.78, 5) is 54.6. The van der Waals surface area contributed by atoms with Crippen molar-refractivity contribution in [3.63, 3.8) is 0 Å². The van der Waals surface area contributed by atoms with Crippen molar-refractivity contribution in [2.24, 2.45) is 10.8 Å². The first-order valence-electron chi connectivity index (χ1n) is 11.3. The molecule has 172 valence electrons. The minimum atomic E-state index is -1.87. The average Bonchev–Trinajstić information content (AvgIpc) is 3.46. The van der Waals surface area contributed by atoms with Crippen molar-refractivity contribution in [1.82, 2.24) is 0 Å². The molecule has 0 spiro atoms. The predicted octanol–water partition coefficient (Wildman–Crippen LogP) is 4.88. The van der Waals surface area contributed by atoms with Gasteiger partial charge in [-0.05, 0) is 25.1 Å². The standard InChI is InChI=1S/C29H20O6/c1-16-11-13-17(14-12-16)24(30)28(2)23-19-8-4-6-10-22(19)35-27(33)29(23,28)25(31)20-15-18-7-3-5-9-21(18)34-26(20)32/h3-15,23H,1-2H3/t23-,28-,29+/m1/s1. The Balaban J connectivity index is 1.58. The van der Waals surface area contributed by atoms with Crippen molar-refractivity contribution in [3.8, 4) is 5.75 Å². The zero-order valence-electron chi connectivity index (χ0n) is 19.0. The third-order valence-electron chi connectivity index (χ3n) is 7.53. The molecule has 2 heterocycles. The van der Waals surface area contributed by atoms with Gasteiger partial charge in [0.2, 0.25) is 0 Å². The SMILES string of the molecule is Cc1ccc(C(=O)[C@@]2(C)[C@H]3c4ccccc4OC(=O)[C@@]32C(=O)c2cc3ccccc3oc2=O)cc1. The predicted molar refractivity (Wildman–Crippen MR) is 128 cm³/mol. The molecular formula is C29H20O6. The van der Waals surface area contributed by atoms with Gasteiger partial charge in [0.15, 0.2) is 17.0 Å². The molecule has 4 aromatic rings. The van der Waals surface area contributed by atoms with Crippen LogP contribution < -0.4 is 10.4 Å². The lowest BCUT2D eigenvalue weighted by Gasteiger charge is -2.22. The molecule has 1 saturated carbocycles. The van der Waals surface area contributed by atoms with Crippen LogP contribution in [0.2, 0.25) is 0 Å². The lowest BCUT2D eigenvalue weighted by Crippen LogP contribution is -2.40. The Morgan fingerprint density at radius 2 is 1.54 bits per heavy atom. The molecule has 1 aliphatic carbocycles. The van der Waals surface area contributed by atoms with Gasteiger partial charge >= 0.3 is 11.6 Å². The lowest BCUT2D eigenvalue weighted by molar-refractivity contribution is -0.140. The molecule has 2 aliphatic rings. The van der Waals surface area contributed by atoms with Crippen LogP contribution in [0.15, 0.2) is 88.1 Å². The highest BCUT2D eigenvalue weighted by atomic mass is 16.5. The summed E-state index contributed by atoms with van der Waals surface area (Å²) in [6.45, 7) is 3.52. The molecule has 0 unspecified atom stereocenters. The number of esters is 1. The Bertz CT molecular complexity index is 1630. The van der Waals surface area contributed by atoms with Gasteiger partial charge in [-0.25, -0.2) is 4.79 Å². The highest BCUT2D eigenvalue weighted by Crippen LogP contribution is 2.79. The molecular weight excluding hydrogens is 444 g/mol. The maximum atomic E-state index is 14.1. The molecule has 0 bridgehead atoms. The van der Waals surface area contributed by atoms with Crippen molar-refractivity contribution in [2.45, 2.75) is 19.8 Å². The van der Waals surface area contributed by atoms with Gasteiger partial charge in [0.1, 0.15) is 16.9 Å². The van der Waals surface area contributed by atoms with Crippen LogP contribution >= 0.6 is 0 Å². The summed E-state index contributed by atoms with van der Waals surface area (Å²) in [7, 11) is 0. The maximum Gasteiger partial charge on any atom is 0.347 e. The fourth-order valence-corrected chi connectivity index (χ4v) is 5.69. The monoisotopic (exact) mass is 464 g/mol. The number of Topliss-reactive ketones (excluding diaryl/α,β-unsaturated/α-hetero) is 2. The number of ketones is 2. The van der Waals surface area contributed by atoms with Crippen LogP contribution in [-0.4, -0.2) is 17.5 Å². The number of carbonyl (C=O) groups excluding carboxylic acids is 3. The largest absolute Gasteiger partial charge is 0.425 e. The normalized spacial score (nSPS) is 24.3. The number of fused-ring (bicyclic) bond motifs is 4. The Labute approximate surface area is 200 Å². The van der Waals surface area contributed by atoms with Crippen LogP contribution in [0.3, 0.4) is 0 Å². The topological polar surface area (TPSA) is 90.7 Å². The van der Waals surface area contributed by atoms with Crippen LogP contribution in [-0.2, 0) is 4.79 Å². The number of hydrogen-bond donors (Lipinski definition) is 0. The Morgan fingerprint density at radius 1 is 0.857 bits per heavy atom. The summed E-state index contributed by atoms with van der Waals surface area (Å²) in [6.07, 6.45) is 0. The number of para-hydroxylation sites is 2. The van der Waals surface area contributed by atoms with E-state index in [1.54, 1.807) is 79.7 Å².